The highest BCUT2D eigenvalue weighted by atomic mass is 15.3. The Morgan fingerprint density at radius 1 is 0.520 bits per heavy atom. The van der Waals surface area contributed by atoms with Crippen LogP contribution in [-0.4, -0.2) is 188 Å². The van der Waals surface area contributed by atoms with E-state index in [0.717, 1.165) is 24.7 Å². The second kappa shape index (κ2) is 24.3. The first kappa shape index (κ1) is 45.1. The Labute approximate surface area is 312 Å². The first-order chi connectivity index (χ1) is 23.7. The Morgan fingerprint density at radius 2 is 0.920 bits per heavy atom. The van der Waals surface area contributed by atoms with Crippen LogP contribution in [-0.2, 0) is 6.54 Å². The zero-order valence-electron chi connectivity index (χ0n) is 35.3. The van der Waals surface area contributed by atoms with Crippen LogP contribution in [0.4, 0.5) is 0 Å². The first-order valence-electron chi connectivity index (χ1n) is 20.6. The summed E-state index contributed by atoms with van der Waals surface area (Å²) in [6, 6.07) is 13.0. The van der Waals surface area contributed by atoms with E-state index in [1.165, 1.54) is 130 Å². The van der Waals surface area contributed by atoms with Gasteiger partial charge in [0.2, 0.25) is 0 Å². The van der Waals surface area contributed by atoms with Crippen LogP contribution in [0.2, 0.25) is 0 Å². The summed E-state index contributed by atoms with van der Waals surface area (Å²) in [7, 11) is 2.19. The fourth-order valence-corrected chi connectivity index (χ4v) is 7.17. The highest BCUT2D eigenvalue weighted by molar-refractivity contribution is 5.14. The highest BCUT2D eigenvalue weighted by Gasteiger charge is 2.25. The summed E-state index contributed by atoms with van der Waals surface area (Å²) in [4.78, 5) is 20.2. The molecule has 0 bridgehead atoms. The standard InChI is InChI=1S/C15H24N2.C10H22N2.C9H20N2.C8H18N2/c1-15(2,3)17-11-9-16(10-12-17)13-14-7-5-4-6-8-14;1-4-5-11-6-8-12(9-7-11)10(2)3;1-4-10-5-7-11(8-6-10)9(2)3;1-8(2)10-6-4-9(3)5-7-10/h4-8H,9-13H2,1-3H3;10H,4-9H2,1-3H3;9H,4-8H2,1-3H3;8H,4-7H2,1-3H3. The third-order valence-corrected chi connectivity index (χ3v) is 11.1. The molecule has 0 radical (unpaired) electrons. The molecule has 0 aliphatic carbocycles. The van der Waals surface area contributed by atoms with Gasteiger partial charge in [-0.1, -0.05) is 44.2 Å². The van der Waals surface area contributed by atoms with Crippen molar-refractivity contribution in [3.8, 4) is 0 Å². The van der Waals surface area contributed by atoms with Gasteiger partial charge in [0.1, 0.15) is 0 Å². The average molecular weight is 701 g/mol. The van der Waals surface area contributed by atoms with Gasteiger partial charge in [-0.15, -0.1) is 0 Å². The molecule has 1 aromatic carbocycles. The molecule has 292 valence electrons. The van der Waals surface area contributed by atoms with Crippen molar-refractivity contribution >= 4 is 0 Å². The smallest absolute Gasteiger partial charge is 0.0234 e. The van der Waals surface area contributed by atoms with Gasteiger partial charge < -0.3 is 14.7 Å². The monoisotopic (exact) mass is 701 g/mol. The zero-order chi connectivity index (χ0) is 37.1. The van der Waals surface area contributed by atoms with Crippen LogP contribution in [0.3, 0.4) is 0 Å². The van der Waals surface area contributed by atoms with Gasteiger partial charge >= 0.3 is 0 Å². The van der Waals surface area contributed by atoms with Gasteiger partial charge in [-0.05, 0) is 94.4 Å². The van der Waals surface area contributed by atoms with E-state index in [4.69, 9.17) is 0 Å². The van der Waals surface area contributed by atoms with Gasteiger partial charge in [0.25, 0.3) is 0 Å². The van der Waals surface area contributed by atoms with Crippen LogP contribution in [0.1, 0.15) is 88.1 Å². The Balaban J connectivity index is 0.000000237. The molecule has 5 rings (SSSR count). The normalized spacial score (nSPS) is 21.7. The second-order valence-electron chi connectivity index (χ2n) is 16.9. The lowest BCUT2D eigenvalue weighted by atomic mass is 10.0. The number of piperazine rings is 4. The van der Waals surface area contributed by atoms with Gasteiger partial charge in [-0.3, -0.25) is 24.5 Å². The average Bonchev–Trinajstić information content (AvgIpc) is 3.10. The second-order valence-corrected chi connectivity index (χ2v) is 16.9. The van der Waals surface area contributed by atoms with Crippen molar-refractivity contribution in [1.82, 2.24) is 39.2 Å². The lowest BCUT2D eigenvalue weighted by molar-refractivity contribution is 0.0591. The first-order valence-corrected chi connectivity index (χ1v) is 20.6. The fraction of sp³-hybridized carbons (Fsp3) is 0.857. The Hall–Kier alpha value is -1.10. The third kappa shape index (κ3) is 18.1. The Kier molecular flexibility index (Phi) is 21.9. The SMILES string of the molecule is CC(C)(C)N1CCN(Cc2ccccc2)CC1.CC(C)N1CCN(C)CC1.CCCN1CCN(C(C)C)CC1.CCN1CCN(C(C)C)CC1. The van der Waals surface area contributed by atoms with Gasteiger partial charge in [-0.25, -0.2) is 0 Å². The van der Waals surface area contributed by atoms with Crippen molar-refractivity contribution in [2.45, 2.75) is 113 Å². The summed E-state index contributed by atoms with van der Waals surface area (Å²) < 4.78 is 0. The minimum atomic E-state index is 0.318. The number of hydrogen-bond acceptors (Lipinski definition) is 8. The lowest BCUT2D eigenvalue weighted by Gasteiger charge is -2.42. The summed E-state index contributed by atoms with van der Waals surface area (Å²) in [5, 5.41) is 0. The summed E-state index contributed by atoms with van der Waals surface area (Å²) in [6.45, 7) is 48.5. The molecule has 8 nitrogen and oxygen atoms in total. The minimum Gasteiger partial charge on any atom is -0.304 e. The third-order valence-electron chi connectivity index (χ3n) is 11.1. The van der Waals surface area contributed by atoms with Crippen molar-refractivity contribution in [3.05, 3.63) is 35.9 Å². The van der Waals surface area contributed by atoms with Gasteiger partial charge in [0, 0.05) is 135 Å². The van der Waals surface area contributed by atoms with E-state index in [1.807, 2.05) is 0 Å². The van der Waals surface area contributed by atoms with E-state index in [0.29, 0.717) is 5.54 Å². The van der Waals surface area contributed by atoms with Gasteiger partial charge in [-0.2, -0.15) is 0 Å². The molecule has 0 aromatic heterocycles. The summed E-state index contributed by atoms with van der Waals surface area (Å²) in [5.41, 5.74) is 1.75. The maximum absolute atomic E-state index is 2.58. The van der Waals surface area contributed by atoms with Crippen LogP contribution in [0.25, 0.3) is 0 Å². The van der Waals surface area contributed by atoms with E-state index in [9.17, 15) is 0 Å². The van der Waals surface area contributed by atoms with E-state index >= 15 is 0 Å². The molecular weight excluding hydrogens is 617 g/mol. The zero-order valence-corrected chi connectivity index (χ0v) is 35.3. The summed E-state index contributed by atoms with van der Waals surface area (Å²) >= 11 is 0. The molecule has 1 aromatic rings. The molecule has 8 heteroatoms. The largest absolute Gasteiger partial charge is 0.304 e. The van der Waals surface area contributed by atoms with Crippen LogP contribution in [0.5, 0.6) is 0 Å². The molecule has 4 fully saturated rings. The molecule has 4 aliphatic heterocycles. The maximum atomic E-state index is 2.58. The number of likely N-dealkylation sites (N-methyl/N-ethyl adjacent to an activating group) is 2. The van der Waals surface area contributed by atoms with Gasteiger partial charge in [0.05, 0.1) is 0 Å². The Morgan fingerprint density at radius 3 is 1.30 bits per heavy atom. The number of hydrogen-bond donors (Lipinski definition) is 0. The summed E-state index contributed by atoms with van der Waals surface area (Å²) in [6.07, 6.45) is 1.29. The molecule has 0 amide bonds. The van der Waals surface area contributed by atoms with E-state index in [1.54, 1.807) is 0 Å². The van der Waals surface area contributed by atoms with Crippen molar-refractivity contribution in [3.63, 3.8) is 0 Å². The predicted octanol–water partition coefficient (Wildman–Crippen LogP) is 5.70. The fourth-order valence-electron chi connectivity index (χ4n) is 7.17. The number of rotatable bonds is 8. The van der Waals surface area contributed by atoms with E-state index in [-0.39, 0.29) is 0 Å². The molecular formula is C42H84N8. The van der Waals surface area contributed by atoms with Crippen molar-refractivity contribution in [1.29, 1.82) is 0 Å². The molecule has 0 atom stereocenters. The molecule has 0 N–H and O–H groups in total. The number of nitrogens with zero attached hydrogens (tertiary/aromatic N) is 8. The Bertz CT molecular complexity index is 932. The summed E-state index contributed by atoms with van der Waals surface area (Å²) in [5.74, 6) is 0. The molecule has 0 spiro atoms. The molecule has 4 saturated heterocycles. The quantitative estimate of drug-likeness (QED) is 0.341. The lowest BCUT2D eigenvalue weighted by Crippen LogP contribution is -2.53. The van der Waals surface area contributed by atoms with Crippen LogP contribution in [0.15, 0.2) is 30.3 Å². The molecule has 0 unspecified atom stereocenters. The molecule has 4 heterocycles. The van der Waals surface area contributed by atoms with Crippen LogP contribution in [0, 0.1) is 0 Å². The molecule has 50 heavy (non-hydrogen) atoms. The molecule has 4 aliphatic rings. The highest BCUT2D eigenvalue weighted by Crippen LogP contribution is 2.17. The number of benzene rings is 1. The molecule has 0 saturated carbocycles. The van der Waals surface area contributed by atoms with Crippen LogP contribution >= 0.6 is 0 Å². The van der Waals surface area contributed by atoms with Gasteiger partial charge in [0.15, 0.2) is 0 Å². The van der Waals surface area contributed by atoms with Crippen molar-refractivity contribution < 1.29 is 0 Å². The maximum Gasteiger partial charge on any atom is 0.0234 e. The predicted molar refractivity (Wildman–Crippen MR) is 220 cm³/mol. The topological polar surface area (TPSA) is 25.9 Å². The van der Waals surface area contributed by atoms with E-state index < -0.39 is 0 Å². The van der Waals surface area contributed by atoms with Crippen molar-refractivity contribution in [2.75, 3.05) is 125 Å². The van der Waals surface area contributed by atoms with Crippen LogP contribution < -0.4 is 0 Å². The van der Waals surface area contributed by atoms with E-state index in [2.05, 4.69) is 153 Å². The van der Waals surface area contributed by atoms with Crippen molar-refractivity contribution in [2.24, 2.45) is 0 Å². The minimum absolute atomic E-state index is 0.318.